The molecule has 11 N–H and O–H groups in total. The van der Waals surface area contributed by atoms with Crippen molar-refractivity contribution in [1.29, 1.82) is 0 Å². The van der Waals surface area contributed by atoms with Crippen LogP contribution in [0.2, 0.25) is 0 Å². The van der Waals surface area contributed by atoms with E-state index in [2.05, 4.69) is 30.9 Å². The van der Waals surface area contributed by atoms with E-state index < -0.39 is 47.9 Å². The van der Waals surface area contributed by atoms with Crippen LogP contribution in [0.25, 0.3) is 0 Å². The van der Waals surface area contributed by atoms with Gasteiger partial charge in [0, 0.05) is 24.9 Å². The molecule has 15 heteroatoms. The van der Waals surface area contributed by atoms with Crippen LogP contribution in [0.1, 0.15) is 45.2 Å². The Bertz CT molecular complexity index is 922. The zero-order valence-electron chi connectivity index (χ0n) is 22.1. The molecular weight excluding hydrogens is 514 g/mol. The van der Waals surface area contributed by atoms with Gasteiger partial charge < -0.3 is 43.2 Å². The zero-order valence-corrected chi connectivity index (χ0v) is 22.9. The van der Waals surface area contributed by atoms with E-state index in [-0.39, 0.29) is 37.7 Å². The number of hydrogen-bond donors (Lipinski definition) is 8. The summed E-state index contributed by atoms with van der Waals surface area (Å²) in [4.78, 5) is 61.4. The smallest absolute Gasteiger partial charge is 0.326 e. The van der Waals surface area contributed by atoms with Gasteiger partial charge in [-0.3, -0.25) is 19.4 Å². The maximum atomic E-state index is 13.3. The number of thioether (sulfide) groups is 1. The van der Waals surface area contributed by atoms with E-state index in [1.807, 2.05) is 20.1 Å². The highest BCUT2D eigenvalue weighted by Crippen LogP contribution is 2.08. The average Bonchev–Trinajstić information content (AvgIpc) is 3.35. The number of guanidine groups is 1. The number of carboxylic acid groups (broad SMARTS) is 1. The Morgan fingerprint density at radius 3 is 2.24 bits per heavy atom. The number of carboxylic acids is 1. The number of amides is 3. The summed E-state index contributed by atoms with van der Waals surface area (Å²) in [5.41, 5.74) is 17.3. The molecule has 0 spiro atoms. The highest BCUT2D eigenvalue weighted by Gasteiger charge is 2.30. The Labute approximate surface area is 226 Å². The molecule has 0 aliphatic heterocycles. The van der Waals surface area contributed by atoms with Crippen molar-refractivity contribution in [2.75, 3.05) is 18.6 Å². The van der Waals surface area contributed by atoms with Crippen LogP contribution in [0.15, 0.2) is 17.5 Å². The lowest BCUT2D eigenvalue weighted by Crippen LogP contribution is -2.57. The molecule has 1 aromatic heterocycles. The van der Waals surface area contributed by atoms with Gasteiger partial charge in [-0.1, -0.05) is 13.8 Å². The number of hydrogen-bond acceptors (Lipinski definition) is 8. The van der Waals surface area contributed by atoms with Gasteiger partial charge in [-0.15, -0.1) is 0 Å². The van der Waals surface area contributed by atoms with Crippen molar-refractivity contribution < 1.29 is 24.3 Å². The van der Waals surface area contributed by atoms with Gasteiger partial charge in [0.25, 0.3) is 0 Å². The minimum absolute atomic E-state index is 0.0218. The molecule has 0 aromatic carbocycles. The van der Waals surface area contributed by atoms with E-state index in [0.29, 0.717) is 24.3 Å². The topological polar surface area (TPSA) is 244 Å². The second kappa shape index (κ2) is 17.2. The first-order chi connectivity index (χ1) is 17.9. The molecule has 0 bridgehead atoms. The Morgan fingerprint density at radius 1 is 1.05 bits per heavy atom. The first kappa shape index (κ1) is 32.7. The molecule has 0 aliphatic rings. The molecule has 0 saturated carbocycles. The Hall–Kier alpha value is -3.33. The molecule has 0 fully saturated rings. The van der Waals surface area contributed by atoms with Gasteiger partial charge in [-0.2, -0.15) is 11.8 Å². The number of carbonyl (C=O) groups is 4. The van der Waals surface area contributed by atoms with Gasteiger partial charge in [-0.25, -0.2) is 9.78 Å². The zero-order chi connectivity index (χ0) is 28.7. The second-order valence-corrected chi connectivity index (χ2v) is 10.3. The number of nitrogens with zero attached hydrogens (tertiary/aromatic N) is 2. The molecule has 0 aliphatic carbocycles. The number of nitrogens with two attached hydrogens (primary N) is 3. The summed E-state index contributed by atoms with van der Waals surface area (Å²) in [6, 6.07) is -4.11. The van der Waals surface area contributed by atoms with Crippen LogP contribution in [0.4, 0.5) is 0 Å². The second-order valence-electron chi connectivity index (χ2n) is 9.27. The van der Waals surface area contributed by atoms with Crippen LogP contribution in [-0.2, 0) is 25.6 Å². The number of imidazole rings is 1. The molecule has 38 heavy (non-hydrogen) atoms. The lowest BCUT2D eigenvalue weighted by atomic mass is 10.0. The first-order valence-corrected chi connectivity index (χ1v) is 13.7. The van der Waals surface area contributed by atoms with E-state index in [1.165, 1.54) is 24.3 Å². The number of nitrogens with one attached hydrogen (secondary N) is 4. The molecular formula is C23H41N9O5S. The van der Waals surface area contributed by atoms with Crippen molar-refractivity contribution in [1.82, 2.24) is 25.9 Å². The van der Waals surface area contributed by atoms with E-state index in [9.17, 15) is 24.3 Å². The average molecular weight is 556 g/mol. The van der Waals surface area contributed by atoms with Gasteiger partial charge >= 0.3 is 5.97 Å². The third-order valence-corrected chi connectivity index (χ3v) is 6.12. The summed E-state index contributed by atoms with van der Waals surface area (Å²) >= 11 is 1.45. The summed E-state index contributed by atoms with van der Waals surface area (Å²) in [6.07, 6.45) is 5.94. The molecule has 0 radical (unpaired) electrons. The fourth-order valence-electron chi connectivity index (χ4n) is 3.53. The molecule has 14 nitrogen and oxygen atoms in total. The molecule has 3 amide bonds. The van der Waals surface area contributed by atoms with Crippen molar-refractivity contribution >= 4 is 41.4 Å². The summed E-state index contributed by atoms with van der Waals surface area (Å²) in [6.45, 7) is 4.08. The quantitative estimate of drug-likeness (QED) is 0.0602. The third-order valence-electron chi connectivity index (χ3n) is 5.48. The number of aromatic amines is 1. The molecule has 1 aromatic rings. The SMILES string of the molecule is CSCCC(NC(=O)C(Cc1cnc[nH]1)NC(=O)C(CCCN=C(N)N)NC(=O)C(N)CC(C)C)C(=O)O. The van der Waals surface area contributed by atoms with Crippen molar-refractivity contribution in [3.63, 3.8) is 0 Å². The third kappa shape index (κ3) is 12.8. The largest absolute Gasteiger partial charge is 0.480 e. The first-order valence-electron chi connectivity index (χ1n) is 12.4. The number of aliphatic carboxylic acids is 1. The predicted molar refractivity (Wildman–Crippen MR) is 146 cm³/mol. The molecule has 0 saturated heterocycles. The number of carbonyl (C=O) groups excluding carboxylic acids is 3. The summed E-state index contributed by atoms with van der Waals surface area (Å²) in [5.74, 6) is -2.39. The summed E-state index contributed by atoms with van der Waals surface area (Å²) < 4.78 is 0. The van der Waals surface area contributed by atoms with Crippen molar-refractivity contribution in [2.24, 2.45) is 28.1 Å². The minimum Gasteiger partial charge on any atom is -0.480 e. The standard InChI is InChI=1S/C23H41N9O5S/c1-13(2)9-15(24)19(33)30-16(5-4-7-28-23(25)26)20(34)32-18(10-14-11-27-12-29-14)21(35)31-17(22(36)37)6-8-38-3/h11-13,15-18H,4-10,24H2,1-3H3,(H,27,29)(H,30,33)(H,31,35)(H,32,34)(H,36,37)(H4,25,26,28). The molecule has 4 unspecified atom stereocenters. The Balaban J connectivity index is 3.08. The molecule has 214 valence electrons. The van der Waals surface area contributed by atoms with Gasteiger partial charge in [0.05, 0.1) is 12.4 Å². The predicted octanol–water partition coefficient (Wildman–Crippen LogP) is -1.33. The van der Waals surface area contributed by atoms with Crippen molar-refractivity contribution in [3.05, 3.63) is 18.2 Å². The van der Waals surface area contributed by atoms with Crippen LogP contribution >= 0.6 is 11.8 Å². The van der Waals surface area contributed by atoms with Gasteiger partial charge in [0.15, 0.2) is 5.96 Å². The van der Waals surface area contributed by atoms with Crippen LogP contribution in [0.3, 0.4) is 0 Å². The van der Waals surface area contributed by atoms with Crippen molar-refractivity contribution in [2.45, 2.75) is 70.1 Å². The van der Waals surface area contributed by atoms with Gasteiger partial charge in [-0.05, 0) is 43.6 Å². The minimum atomic E-state index is -1.18. The normalized spacial score (nSPS) is 14.1. The lowest BCUT2D eigenvalue weighted by Gasteiger charge is -2.25. The molecule has 1 rings (SSSR count). The van der Waals surface area contributed by atoms with E-state index in [0.717, 1.165) is 0 Å². The van der Waals surface area contributed by atoms with Gasteiger partial charge in [0.1, 0.15) is 18.1 Å². The number of H-pyrrole nitrogens is 1. The molecule has 1 heterocycles. The lowest BCUT2D eigenvalue weighted by molar-refractivity contribution is -0.142. The number of aromatic nitrogens is 2. The maximum Gasteiger partial charge on any atom is 0.326 e. The highest BCUT2D eigenvalue weighted by molar-refractivity contribution is 7.98. The number of aliphatic imine (C=N–C) groups is 1. The van der Waals surface area contributed by atoms with Crippen LogP contribution in [0, 0.1) is 5.92 Å². The fraction of sp³-hybridized carbons (Fsp3) is 0.652. The Morgan fingerprint density at radius 2 is 1.68 bits per heavy atom. The maximum absolute atomic E-state index is 13.3. The highest BCUT2D eigenvalue weighted by atomic mass is 32.2. The van der Waals surface area contributed by atoms with E-state index >= 15 is 0 Å². The summed E-state index contributed by atoms with van der Waals surface area (Å²) in [7, 11) is 0. The van der Waals surface area contributed by atoms with E-state index in [4.69, 9.17) is 17.2 Å². The van der Waals surface area contributed by atoms with Crippen LogP contribution in [-0.4, -0.2) is 87.4 Å². The summed E-state index contributed by atoms with van der Waals surface area (Å²) in [5, 5.41) is 17.3. The van der Waals surface area contributed by atoms with Crippen LogP contribution < -0.4 is 33.2 Å². The fourth-order valence-corrected chi connectivity index (χ4v) is 4.00. The molecule has 4 atom stereocenters. The Kier molecular flexibility index (Phi) is 14.8. The monoisotopic (exact) mass is 555 g/mol. The van der Waals surface area contributed by atoms with Crippen LogP contribution in [0.5, 0.6) is 0 Å². The van der Waals surface area contributed by atoms with Crippen molar-refractivity contribution in [3.8, 4) is 0 Å². The van der Waals surface area contributed by atoms with E-state index in [1.54, 1.807) is 0 Å². The van der Waals surface area contributed by atoms with Gasteiger partial charge in [0.2, 0.25) is 17.7 Å². The number of rotatable bonds is 18.